The van der Waals surface area contributed by atoms with Gasteiger partial charge in [0.05, 0.1) is 12.7 Å². The first-order valence-corrected chi connectivity index (χ1v) is 8.54. The van der Waals surface area contributed by atoms with E-state index in [0.717, 1.165) is 18.9 Å². The lowest BCUT2D eigenvalue weighted by Gasteiger charge is -2.47. The fourth-order valence-corrected chi connectivity index (χ4v) is 3.58. The summed E-state index contributed by atoms with van der Waals surface area (Å²) >= 11 is 0. The van der Waals surface area contributed by atoms with Crippen LogP contribution < -0.4 is 0 Å². The summed E-state index contributed by atoms with van der Waals surface area (Å²) < 4.78 is 54.1. The van der Waals surface area contributed by atoms with Gasteiger partial charge in [-0.3, -0.25) is 0 Å². The van der Waals surface area contributed by atoms with Crippen LogP contribution >= 0.6 is 0 Å². The molecule has 2 aliphatic rings. The number of ether oxygens (including phenoxy) is 2. The van der Waals surface area contributed by atoms with Crippen molar-refractivity contribution in [2.24, 2.45) is 0 Å². The van der Waals surface area contributed by atoms with Gasteiger partial charge in [-0.15, -0.1) is 0 Å². The van der Waals surface area contributed by atoms with Crippen molar-refractivity contribution in [1.29, 1.82) is 0 Å². The molecule has 2 unspecified atom stereocenters. The number of nitrogens with zero attached hydrogens (tertiary/aromatic N) is 1. The Balaban J connectivity index is 1.99. The van der Waals surface area contributed by atoms with E-state index in [0.29, 0.717) is 5.56 Å². The minimum absolute atomic E-state index is 0.189. The highest BCUT2D eigenvalue weighted by Crippen LogP contribution is 2.54. The highest BCUT2D eigenvalue weighted by Gasteiger charge is 2.65. The number of methoxy groups -OCH3 is 1. The topological polar surface area (TPSA) is 38.8 Å². The number of fused-ring (bicyclic) bond motifs is 3. The van der Waals surface area contributed by atoms with Gasteiger partial charge in [0.1, 0.15) is 0 Å². The molecular formula is C21H16F3NO3. The molecule has 2 aliphatic heterocycles. The van der Waals surface area contributed by atoms with Crippen LogP contribution in [0.1, 0.15) is 22.9 Å². The van der Waals surface area contributed by atoms with E-state index in [1.807, 2.05) is 0 Å². The zero-order valence-electron chi connectivity index (χ0n) is 14.8. The van der Waals surface area contributed by atoms with E-state index >= 15 is 0 Å². The van der Waals surface area contributed by atoms with Gasteiger partial charge in [0.25, 0.3) is 0 Å². The summed E-state index contributed by atoms with van der Waals surface area (Å²) in [6.45, 7) is 0. The average molecular weight is 387 g/mol. The van der Waals surface area contributed by atoms with Crippen molar-refractivity contribution in [2.75, 3.05) is 7.11 Å². The van der Waals surface area contributed by atoms with E-state index in [4.69, 9.17) is 4.74 Å². The maximum Gasteiger partial charge on any atom is 0.426 e. The zero-order chi connectivity index (χ0) is 19.9. The third-order valence-electron chi connectivity index (χ3n) is 4.89. The van der Waals surface area contributed by atoms with Crippen LogP contribution in [-0.4, -0.2) is 24.2 Å². The van der Waals surface area contributed by atoms with Crippen LogP contribution in [0.15, 0.2) is 72.6 Å². The smallest absolute Gasteiger partial charge is 0.426 e. The lowest BCUT2D eigenvalue weighted by Crippen LogP contribution is -2.53. The molecule has 4 nitrogen and oxygen atoms in total. The van der Waals surface area contributed by atoms with Gasteiger partial charge in [-0.05, 0) is 17.2 Å². The number of alkyl halides is 3. The molecule has 0 radical (unpaired) electrons. The molecule has 144 valence electrons. The summed E-state index contributed by atoms with van der Waals surface area (Å²) in [6, 6.07) is 14.2. The van der Waals surface area contributed by atoms with Crippen LogP contribution in [0.2, 0.25) is 0 Å². The van der Waals surface area contributed by atoms with Crippen LogP contribution in [-0.2, 0) is 19.9 Å². The van der Waals surface area contributed by atoms with Crippen molar-refractivity contribution >= 4 is 12.0 Å². The first-order chi connectivity index (χ1) is 13.4. The van der Waals surface area contributed by atoms with E-state index < -0.39 is 29.5 Å². The molecule has 0 saturated heterocycles. The summed E-state index contributed by atoms with van der Waals surface area (Å²) in [5.41, 5.74) is -2.45. The van der Waals surface area contributed by atoms with E-state index in [1.165, 1.54) is 29.2 Å². The molecule has 2 heterocycles. The second kappa shape index (κ2) is 6.53. The van der Waals surface area contributed by atoms with E-state index in [-0.39, 0.29) is 5.56 Å². The Morgan fingerprint density at radius 1 is 1.11 bits per heavy atom. The van der Waals surface area contributed by atoms with Gasteiger partial charge in [-0.2, -0.15) is 13.2 Å². The largest absolute Gasteiger partial charge is 0.466 e. The van der Waals surface area contributed by atoms with Gasteiger partial charge in [0, 0.05) is 18.0 Å². The van der Waals surface area contributed by atoms with E-state index in [9.17, 15) is 18.0 Å². The highest BCUT2D eigenvalue weighted by atomic mass is 19.4. The van der Waals surface area contributed by atoms with Crippen LogP contribution in [0.3, 0.4) is 0 Å². The molecule has 0 aromatic heterocycles. The highest BCUT2D eigenvalue weighted by molar-refractivity contribution is 5.91. The van der Waals surface area contributed by atoms with E-state index in [1.54, 1.807) is 42.6 Å². The second-order valence-corrected chi connectivity index (χ2v) is 6.44. The quantitative estimate of drug-likeness (QED) is 0.711. The molecule has 28 heavy (non-hydrogen) atoms. The number of hydrogen-bond donors (Lipinski definition) is 0. The number of rotatable bonds is 2. The molecule has 0 spiro atoms. The first-order valence-electron chi connectivity index (χ1n) is 8.54. The number of benzene rings is 2. The Labute approximate surface area is 159 Å². The lowest BCUT2D eigenvalue weighted by atomic mass is 9.83. The van der Waals surface area contributed by atoms with Crippen molar-refractivity contribution in [3.63, 3.8) is 0 Å². The van der Waals surface area contributed by atoms with Gasteiger partial charge >= 0.3 is 12.1 Å². The van der Waals surface area contributed by atoms with Crippen LogP contribution in [0.25, 0.3) is 6.08 Å². The van der Waals surface area contributed by atoms with Crippen LogP contribution in [0, 0.1) is 0 Å². The predicted molar refractivity (Wildman–Crippen MR) is 95.4 cm³/mol. The summed E-state index contributed by atoms with van der Waals surface area (Å²) in [7, 11) is 1.04. The minimum atomic E-state index is -4.91. The minimum Gasteiger partial charge on any atom is -0.466 e. The third-order valence-corrected chi connectivity index (χ3v) is 4.89. The van der Waals surface area contributed by atoms with E-state index in [2.05, 4.69) is 4.74 Å². The molecule has 0 N–H and O–H groups in total. The molecule has 2 aromatic carbocycles. The monoisotopic (exact) mass is 387 g/mol. The summed E-state index contributed by atoms with van der Waals surface area (Å²) in [5, 5.41) is 0. The number of esters is 1. The van der Waals surface area contributed by atoms with Crippen molar-refractivity contribution in [3.8, 4) is 0 Å². The lowest BCUT2D eigenvalue weighted by molar-refractivity contribution is -0.301. The van der Waals surface area contributed by atoms with Crippen molar-refractivity contribution in [2.45, 2.75) is 18.0 Å². The van der Waals surface area contributed by atoms with Crippen LogP contribution in [0.4, 0.5) is 13.2 Å². The molecule has 2 atom stereocenters. The van der Waals surface area contributed by atoms with Gasteiger partial charge in [0.2, 0.25) is 5.60 Å². The predicted octanol–water partition coefficient (Wildman–Crippen LogP) is 4.52. The molecular weight excluding hydrogens is 371 g/mol. The first kappa shape index (κ1) is 18.3. The fourth-order valence-electron chi connectivity index (χ4n) is 3.58. The maximum absolute atomic E-state index is 14.6. The van der Waals surface area contributed by atoms with Crippen molar-refractivity contribution in [1.82, 2.24) is 4.90 Å². The average Bonchev–Trinajstić information content (AvgIpc) is 2.71. The third kappa shape index (κ3) is 2.62. The van der Waals surface area contributed by atoms with Gasteiger partial charge in [0.15, 0.2) is 6.23 Å². The molecule has 4 rings (SSSR count). The number of carbonyl (C=O) groups is 1. The molecule has 0 amide bonds. The Hall–Kier alpha value is -3.06. The molecule has 0 bridgehead atoms. The summed E-state index contributed by atoms with van der Waals surface area (Å²) in [4.78, 5) is 13.8. The van der Waals surface area contributed by atoms with Gasteiger partial charge < -0.3 is 14.4 Å². The molecule has 0 saturated carbocycles. The normalized spacial score (nSPS) is 23.5. The Kier molecular flexibility index (Phi) is 4.27. The number of hydrogen-bond acceptors (Lipinski definition) is 4. The number of carbonyl (C=O) groups excluding carboxylic acids is 1. The Morgan fingerprint density at radius 2 is 1.79 bits per heavy atom. The van der Waals surface area contributed by atoms with Crippen molar-refractivity contribution in [3.05, 3.63) is 89.3 Å². The zero-order valence-corrected chi connectivity index (χ0v) is 14.8. The second-order valence-electron chi connectivity index (χ2n) is 6.44. The number of halogens is 3. The fraction of sp³-hybridized carbons (Fsp3) is 0.190. The molecule has 7 heteroatoms. The van der Waals surface area contributed by atoms with Crippen LogP contribution in [0.5, 0.6) is 0 Å². The Bertz CT molecular complexity index is 968. The van der Waals surface area contributed by atoms with Gasteiger partial charge in [-0.1, -0.05) is 54.6 Å². The van der Waals surface area contributed by atoms with Crippen molar-refractivity contribution < 1.29 is 27.4 Å². The van der Waals surface area contributed by atoms with Gasteiger partial charge in [-0.25, -0.2) is 4.79 Å². The SMILES string of the molecule is COC(=O)C1=CN2C=Cc3ccccc3C2OC1(c1ccccc1)C(F)(F)F. The standard InChI is InChI=1S/C21H16F3NO3/c1-27-19(26)17-13-25-12-11-14-7-5-6-10-16(14)18(25)28-20(17,21(22,23)24)15-8-3-2-4-9-15/h2-13,18H,1H3. The summed E-state index contributed by atoms with van der Waals surface area (Å²) in [6.07, 6.45) is -1.45. The Morgan fingerprint density at radius 3 is 2.46 bits per heavy atom. The molecule has 0 aliphatic carbocycles. The molecule has 0 fully saturated rings. The summed E-state index contributed by atoms with van der Waals surface area (Å²) in [5.74, 6) is -1.10. The molecule has 2 aromatic rings. The maximum atomic E-state index is 14.6.